The van der Waals surface area contributed by atoms with E-state index in [1.807, 2.05) is 6.92 Å². The van der Waals surface area contributed by atoms with Crippen LogP contribution in [0.25, 0.3) is 10.6 Å². The number of hydrogen-bond acceptors (Lipinski definition) is 6. The topological polar surface area (TPSA) is 81.0 Å². The van der Waals surface area contributed by atoms with Gasteiger partial charge in [0.25, 0.3) is 0 Å². The number of likely N-dealkylation sites (N-methyl/N-ethyl adjacent to an activating group) is 1. The van der Waals surface area contributed by atoms with Crippen molar-refractivity contribution in [1.29, 1.82) is 0 Å². The zero-order valence-corrected chi connectivity index (χ0v) is 11.9. The van der Waals surface area contributed by atoms with E-state index in [1.54, 1.807) is 0 Å². The predicted molar refractivity (Wildman–Crippen MR) is 74.2 cm³/mol. The SMILES string of the molecule is CCNCCc1nnc(-c2cc(F)cc([N+](=O)[O-])c2F)s1. The Balaban J connectivity index is 2.32. The summed E-state index contributed by atoms with van der Waals surface area (Å²) < 4.78 is 27.4. The fraction of sp³-hybridized carbons (Fsp3) is 0.333. The Bertz CT molecular complexity index is 663. The summed E-state index contributed by atoms with van der Waals surface area (Å²) in [6.07, 6.45) is 0.602. The van der Waals surface area contributed by atoms with Gasteiger partial charge >= 0.3 is 5.69 Å². The first-order valence-corrected chi connectivity index (χ1v) is 7.01. The van der Waals surface area contributed by atoms with Crippen molar-refractivity contribution in [3.8, 4) is 10.6 Å². The summed E-state index contributed by atoms with van der Waals surface area (Å²) in [6.45, 7) is 3.47. The lowest BCUT2D eigenvalue weighted by Crippen LogP contribution is -2.15. The Morgan fingerprint density at radius 3 is 2.81 bits per heavy atom. The minimum atomic E-state index is -1.10. The first-order chi connectivity index (χ1) is 10.0. The third-order valence-electron chi connectivity index (χ3n) is 2.68. The van der Waals surface area contributed by atoms with Gasteiger partial charge in [0.2, 0.25) is 5.82 Å². The highest BCUT2D eigenvalue weighted by Gasteiger charge is 2.23. The number of nitro benzene ring substituents is 1. The van der Waals surface area contributed by atoms with Crippen LogP contribution in [0.2, 0.25) is 0 Å². The average Bonchev–Trinajstić information content (AvgIpc) is 2.89. The van der Waals surface area contributed by atoms with Gasteiger partial charge in [0.05, 0.1) is 16.6 Å². The monoisotopic (exact) mass is 314 g/mol. The van der Waals surface area contributed by atoms with Crippen molar-refractivity contribution in [2.75, 3.05) is 13.1 Å². The van der Waals surface area contributed by atoms with Gasteiger partial charge < -0.3 is 5.32 Å². The highest BCUT2D eigenvalue weighted by Crippen LogP contribution is 2.32. The van der Waals surface area contributed by atoms with E-state index >= 15 is 0 Å². The molecule has 1 heterocycles. The largest absolute Gasteiger partial charge is 0.317 e. The van der Waals surface area contributed by atoms with E-state index in [0.29, 0.717) is 24.0 Å². The Morgan fingerprint density at radius 2 is 2.14 bits per heavy atom. The molecule has 0 saturated heterocycles. The van der Waals surface area contributed by atoms with Gasteiger partial charge in [-0.1, -0.05) is 18.3 Å². The number of hydrogen-bond donors (Lipinski definition) is 1. The molecule has 0 aliphatic carbocycles. The third kappa shape index (κ3) is 3.56. The predicted octanol–water partition coefficient (Wildman–Crippen LogP) is 2.54. The maximum Gasteiger partial charge on any atom is 0.308 e. The molecule has 0 aliphatic rings. The van der Waals surface area contributed by atoms with E-state index in [1.165, 1.54) is 0 Å². The fourth-order valence-electron chi connectivity index (χ4n) is 1.70. The van der Waals surface area contributed by atoms with Crippen LogP contribution in [0.15, 0.2) is 12.1 Å². The second-order valence-electron chi connectivity index (χ2n) is 4.15. The first kappa shape index (κ1) is 15.4. The first-order valence-electron chi connectivity index (χ1n) is 6.19. The van der Waals surface area contributed by atoms with Crippen LogP contribution in [0, 0.1) is 21.7 Å². The Kier molecular flexibility index (Phi) is 4.86. The smallest absolute Gasteiger partial charge is 0.308 e. The lowest BCUT2D eigenvalue weighted by atomic mass is 10.2. The number of nitrogens with zero attached hydrogens (tertiary/aromatic N) is 3. The van der Waals surface area contributed by atoms with Gasteiger partial charge in [-0.2, -0.15) is 4.39 Å². The van der Waals surface area contributed by atoms with Crippen LogP contribution in [0.1, 0.15) is 11.9 Å². The molecular weight excluding hydrogens is 302 g/mol. The summed E-state index contributed by atoms with van der Waals surface area (Å²) in [4.78, 5) is 9.73. The molecule has 0 radical (unpaired) electrons. The van der Waals surface area contributed by atoms with Gasteiger partial charge in [-0.15, -0.1) is 10.2 Å². The zero-order valence-electron chi connectivity index (χ0n) is 11.1. The molecule has 9 heteroatoms. The van der Waals surface area contributed by atoms with Crippen LogP contribution in [0.3, 0.4) is 0 Å². The molecule has 0 fully saturated rings. The van der Waals surface area contributed by atoms with Crippen LogP contribution < -0.4 is 5.32 Å². The zero-order chi connectivity index (χ0) is 15.4. The minimum absolute atomic E-state index is 0.126. The molecule has 1 N–H and O–H groups in total. The van der Waals surface area contributed by atoms with E-state index in [-0.39, 0.29) is 10.6 Å². The van der Waals surface area contributed by atoms with Crippen LogP contribution in [0.4, 0.5) is 14.5 Å². The van der Waals surface area contributed by atoms with Crippen molar-refractivity contribution in [2.24, 2.45) is 0 Å². The van der Waals surface area contributed by atoms with E-state index < -0.39 is 22.2 Å². The highest BCUT2D eigenvalue weighted by molar-refractivity contribution is 7.14. The van der Waals surface area contributed by atoms with Gasteiger partial charge in [0.1, 0.15) is 10.8 Å². The fourth-order valence-corrected chi connectivity index (χ4v) is 2.55. The molecule has 0 spiro atoms. The quantitative estimate of drug-likeness (QED) is 0.503. The number of nitrogens with one attached hydrogen (secondary N) is 1. The Morgan fingerprint density at radius 1 is 1.38 bits per heavy atom. The van der Waals surface area contributed by atoms with Crippen LogP contribution in [0.5, 0.6) is 0 Å². The van der Waals surface area contributed by atoms with Crippen LogP contribution >= 0.6 is 11.3 Å². The lowest BCUT2D eigenvalue weighted by molar-refractivity contribution is -0.387. The highest BCUT2D eigenvalue weighted by atomic mass is 32.1. The molecule has 21 heavy (non-hydrogen) atoms. The van der Waals surface area contributed by atoms with Gasteiger partial charge in [0, 0.05) is 13.0 Å². The molecule has 2 rings (SSSR count). The molecule has 0 bridgehead atoms. The number of rotatable bonds is 6. The maximum atomic E-state index is 14.0. The second-order valence-corrected chi connectivity index (χ2v) is 5.21. The van der Waals surface area contributed by atoms with Crippen LogP contribution in [-0.2, 0) is 6.42 Å². The van der Waals surface area contributed by atoms with Crippen LogP contribution in [-0.4, -0.2) is 28.2 Å². The lowest BCUT2D eigenvalue weighted by Gasteiger charge is -2.00. The number of aromatic nitrogens is 2. The van der Waals surface area contributed by atoms with E-state index in [2.05, 4.69) is 15.5 Å². The normalized spacial score (nSPS) is 10.8. The van der Waals surface area contributed by atoms with Crippen molar-refractivity contribution < 1.29 is 13.7 Å². The second kappa shape index (κ2) is 6.64. The van der Waals surface area contributed by atoms with Crippen molar-refractivity contribution in [1.82, 2.24) is 15.5 Å². The van der Waals surface area contributed by atoms with Crippen molar-refractivity contribution in [3.63, 3.8) is 0 Å². The molecule has 1 aromatic heterocycles. The number of halogens is 2. The summed E-state index contributed by atoms with van der Waals surface area (Å²) in [5.41, 5.74) is -1.15. The summed E-state index contributed by atoms with van der Waals surface area (Å²) in [5.74, 6) is -1.99. The van der Waals surface area contributed by atoms with E-state index in [4.69, 9.17) is 0 Å². The minimum Gasteiger partial charge on any atom is -0.317 e. The van der Waals surface area contributed by atoms with Gasteiger partial charge in [0.15, 0.2) is 5.01 Å². The summed E-state index contributed by atoms with van der Waals surface area (Å²) in [6, 6.07) is 1.43. The molecular formula is C12H12F2N4O2S. The molecule has 2 aromatic rings. The number of benzene rings is 1. The molecule has 0 amide bonds. The van der Waals surface area contributed by atoms with E-state index in [0.717, 1.165) is 23.9 Å². The summed E-state index contributed by atoms with van der Waals surface area (Å²) >= 11 is 1.09. The van der Waals surface area contributed by atoms with Crippen molar-refractivity contribution >= 4 is 17.0 Å². The molecule has 0 aliphatic heterocycles. The third-order valence-corrected chi connectivity index (χ3v) is 3.69. The maximum absolute atomic E-state index is 14.0. The van der Waals surface area contributed by atoms with Gasteiger partial charge in [-0.25, -0.2) is 4.39 Å². The average molecular weight is 314 g/mol. The molecule has 6 nitrogen and oxygen atoms in total. The standard InChI is InChI=1S/C12H12F2N4O2S/c1-2-15-4-3-10-16-17-12(21-10)8-5-7(13)6-9(11(8)14)18(19)20/h5-6,15H,2-4H2,1H3. The van der Waals surface area contributed by atoms with Gasteiger partial charge in [-0.05, 0) is 12.6 Å². The summed E-state index contributed by atoms with van der Waals surface area (Å²) in [5, 5.41) is 22.2. The Labute approximate surface area is 123 Å². The molecule has 1 aromatic carbocycles. The summed E-state index contributed by atoms with van der Waals surface area (Å²) in [7, 11) is 0. The van der Waals surface area contributed by atoms with Crippen molar-refractivity contribution in [3.05, 3.63) is 38.9 Å². The van der Waals surface area contributed by atoms with Crippen molar-refractivity contribution in [2.45, 2.75) is 13.3 Å². The molecule has 112 valence electrons. The molecule has 0 atom stereocenters. The van der Waals surface area contributed by atoms with Gasteiger partial charge in [-0.3, -0.25) is 10.1 Å². The molecule has 0 saturated carbocycles. The molecule has 0 unspecified atom stereocenters. The number of nitro groups is 1. The Hall–Kier alpha value is -2.00. The van der Waals surface area contributed by atoms with E-state index in [9.17, 15) is 18.9 Å².